The highest BCUT2D eigenvalue weighted by atomic mass is 16.5. The van der Waals surface area contributed by atoms with Crippen molar-refractivity contribution >= 4 is 11.8 Å². The lowest BCUT2D eigenvalue weighted by Crippen LogP contribution is -2.57. The Labute approximate surface area is 147 Å². The maximum atomic E-state index is 12.4. The predicted octanol–water partition coefficient (Wildman–Crippen LogP) is 0.159. The summed E-state index contributed by atoms with van der Waals surface area (Å²) in [6.45, 7) is 4.62. The van der Waals surface area contributed by atoms with Gasteiger partial charge in [-0.2, -0.15) is 0 Å². The Balaban J connectivity index is 1.43. The molecule has 25 heavy (non-hydrogen) atoms. The van der Waals surface area contributed by atoms with Crippen molar-refractivity contribution in [2.24, 2.45) is 0 Å². The molecule has 1 aromatic carbocycles. The number of likely N-dealkylation sites (tertiary alicyclic amines) is 1. The fraction of sp³-hybridized carbons (Fsp3) is 0.556. The van der Waals surface area contributed by atoms with Crippen molar-refractivity contribution in [2.75, 3.05) is 32.8 Å². The minimum absolute atomic E-state index is 0.0443. The van der Waals surface area contributed by atoms with E-state index in [1.165, 1.54) is 0 Å². The van der Waals surface area contributed by atoms with E-state index in [-0.39, 0.29) is 30.0 Å². The normalized spacial score (nSPS) is 26.5. The first-order valence-electron chi connectivity index (χ1n) is 8.74. The second kappa shape index (κ2) is 8.31. The van der Waals surface area contributed by atoms with Gasteiger partial charge in [0.15, 0.2) is 0 Å². The minimum Gasteiger partial charge on any atom is -0.492 e. The van der Waals surface area contributed by atoms with Crippen molar-refractivity contribution < 1.29 is 19.1 Å². The van der Waals surface area contributed by atoms with Gasteiger partial charge in [-0.05, 0) is 19.1 Å². The molecule has 1 aromatic rings. The number of rotatable bonds is 6. The van der Waals surface area contributed by atoms with Gasteiger partial charge in [-0.15, -0.1) is 0 Å². The molecule has 0 saturated carbocycles. The number of ether oxygens (including phenoxy) is 2. The first-order chi connectivity index (χ1) is 12.1. The lowest BCUT2D eigenvalue weighted by atomic mass is 10.1. The summed E-state index contributed by atoms with van der Waals surface area (Å²) in [5.41, 5.74) is 0. The van der Waals surface area contributed by atoms with Gasteiger partial charge in [-0.1, -0.05) is 18.2 Å². The van der Waals surface area contributed by atoms with Crippen LogP contribution >= 0.6 is 0 Å². The standard InChI is InChI=1S/C18H25N3O4/c1-13-17(19-7-9-24-13)18(23)20-14-11-16(22)21(12-14)8-10-25-15-5-3-2-4-6-15/h2-6,13-14,17,19H,7-12H2,1H3,(H,20,23)/t13-,14?,17+/m1/s1. The lowest BCUT2D eigenvalue weighted by Gasteiger charge is -2.30. The van der Waals surface area contributed by atoms with Gasteiger partial charge in [0, 0.05) is 19.5 Å². The molecule has 0 radical (unpaired) electrons. The third-order valence-corrected chi connectivity index (χ3v) is 4.53. The molecule has 2 aliphatic rings. The van der Waals surface area contributed by atoms with Crippen molar-refractivity contribution in [2.45, 2.75) is 31.5 Å². The van der Waals surface area contributed by atoms with Crippen LogP contribution in [0.3, 0.4) is 0 Å². The first-order valence-corrected chi connectivity index (χ1v) is 8.74. The van der Waals surface area contributed by atoms with Gasteiger partial charge in [0.1, 0.15) is 18.4 Å². The molecule has 7 heteroatoms. The molecule has 1 unspecified atom stereocenters. The monoisotopic (exact) mass is 347 g/mol. The van der Waals surface area contributed by atoms with Crippen LogP contribution in [0.5, 0.6) is 5.75 Å². The zero-order chi connectivity index (χ0) is 17.6. The molecule has 0 aromatic heterocycles. The molecule has 2 aliphatic heterocycles. The maximum Gasteiger partial charge on any atom is 0.240 e. The summed E-state index contributed by atoms with van der Waals surface area (Å²) in [4.78, 5) is 26.2. The van der Waals surface area contributed by atoms with Gasteiger partial charge in [0.2, 0.25) is 11.8 Å². The summed E-state index contributed by atoms with van der Waals surface area (Å²) in [5, 5.41) is 6.12. The van der Waals surface area contributed by atoms with Crippen LogP contribution in [0.2, 0.25) is 0 Å². The number of morpholine rings is 1. The van der Waals surface area contributed by atoms with E-state index in [1.54, 1.807) is 4.90 Å². The molecule has 2 fully saturated rings. The van der Waals surface area contributed by atoms with Crippen molar-refractivity contribution in [3.8, 4) is 5.75 Å². The summed E-state index contributed by atoms with van der Waals surface area (Å²) >= 11 is 0. The van der Waals surface area contributed by atoms with Gasteiger partial charge >= 0.3 is 0 Å². The second-order valence-corrected chi connectivity index (χ2v) is 6.42. The zero-order valence-electron chi connectivity index (χ0n) is 14.4. The van der Waals surface area contributed by atoms with E-state index < -0.39 is 0 Å². The molecule has 136 valence electrons. The van der Waals surface area contributed by atoms with E-state index in [2.05, 4.69) is 10.6 Å². The number of carbonyl (C=O) groups excluding carboxylic acids is 2. The molecule has 3 atom stereocenters. The first kappa shape index (κ1) is 17.7. The van der Waals surface area contributed by atoms with E-state index >= 15 is 0 Å². The van der Waals surface area contributed by atoms with Crippen LogP contribution in [0, 0.1) is 0 Å². The molecule has 0 aliphatic carbocycles. The number of hydrogen-bond donors (Lipinski definition) is 2. The van der Waals surface area contributed by atoms with Crippen LogP contribution in [-0.4, -0.2) is 67.7 Å². The summed E-state index contributed by atoms with van der Waals surface area (Å²) in [7, 11) is 0. The number of nitrogens with one attached hydrogen (secondary N) is 2. The number of para-hydroxylation sites is 1. The molecule has 2 N–H and O–H groups in total. The summed E-state index contributed by atoms with van der Waals surface area (Å²) < 4.78 is 11.1. The van der Waals surface area contributed by atoms with Gasteiger partial charge in [0.05, 0.1) is 25.3 Å². The molecule has 2 amide bonds. The van der Waals surface area contributed by atoms with Crippen molar-refractivity contribution in [1.82, 2.24) is 15.5 Å². The number of carbonyl (C=O) groups is 2. The SMILES string of the molecule is C[C@H]1OCCN[C@@H]1C(=O)NC1CC(=O)N(CCOc2ccccc2)C1. The molecule has 2 heterocycles. The Bertz CT molecular complexity index is 595. The smallest absolute Gasteiger partial charge is 0.240 e. The summed E-state index contributed by atoms with van der Waals surface area (Å²) in [6, 6.07) is 8.99. The summed E-state index contributed by atoms with van der Waals surface area (Å²) in [5.74, 6) is 0.728. The van der Waals surface area contributed by atoms with Gasteiger partial charge in [-0.3, -0.25) is 9.59 Å². The highest BCUT2D eigenvalue weighted by molar-refractivity contribution is 5.85. The molecule has 3 rings (SSSR count). The topological polar surface area (TPSA) is 79.9 Å². The van der Waals surface area contributed by atoms with Gasteiger partial charge in [0.25, 0.3) is 0 Å². The maximum absolute atomic E-state index is 12.4. The van der Waals surface area contributed by atoms with E-state index in [1.807, 2.05) is 37.3 Å². The Morgan fingerprint density at radius 3 is 2.96 bits per heavy atom. The van der Waals surface area contributed by atoms with E-state index in [0.29, 0.717) is 39.3 Å². The quantitative estimate of drug-likeness (QED) is 0.766. The van der Waals surface area contributed by atoms with Crippen LogP contribution in [0.1, 0.15) is 13.3 Å². The van der Waals surface area contributed by atoms with E-state index in [4.69, 9.17) is 9.47 Å². The third-order valence-electron chi connectivity index (χ3n) is 4.53. The number of nitrogens with zero attached hydrogens (tertiary/aromatic N) is 1. The van der Waals surface area contributed by atoms with Crippen LogP contribution < -0.4 is 15.4 Å². The Kier molecular flexibility index (Phi) is 5.88. The highest BCUT2D eigenvalue weighted by Gasteiger charge is 2.34. The third kappa shape index (κ3) is 4.70. The fourth-order valence-electron chi connectivity index (χ4n) is 3.19. The highest BCUT2D eigenvalue weighted by Crippen LogP contribution is 2.13. The zero-order valence-corrected chi connectivity index (χ0v) is 14.4. The Morgan fingerprint density at radius 1 is 1.40 bits per heavy atom. The largest absolute Gasteiger partial charge is 0.492 e. The number of hydrogen-bond acceptors (Lipinski definition) is 5. The minimum atomic E-state index is -0.362. The number of amides is 2. The number of benzene rings is 1. The van der Waals surface area contributed by atoms with Crippen LogP contribution in [0.4, 0.5) is 0 Å². The van der Waals surface area contributed by atoms with Crippen LogP contribution in [0.25, 0.3) is 0 Å². The van der Waals surface area contributed by atoms with Crippen molar-refractivity contribution in [3.63, 3.8) is 0 Å². The van der Waals surface area contributed by atoms with Crippen LogP contribution in [0.15, 0.2) is 30.3 Å². The Hall–Kier alpha value is -2.12. The van der Waals surface area contributed by atoms with Gasteiger partial charge in [-0.25, -0.2) is 0 Å². The second-order valence-electron chi connectivity index (χ2n) is 6.42. The average Bonchev–Trinajstić information content (AvgIpc) is 2.95. The summed E-state index contributed by atoms with van der Waals surface area (Å²) in [6.07, 6.45) is 0.167. The van der Waals surface area contributed by atoms with Crippen molar-refractivity contribution in [3.05, 3.63) is 30.3 Å². The molecule has 7 nitrogen and oxygen atoms in total. The van der Waals surface area contributed by atoms with E-state index in [0.717, 1.165) is 5.75 Å². The average molecular weight is 347 g/mol. The fourth-order valence-corrected chi connectivity index (χ4v) is 3.19. The van der Waals surface area contributed by atoms with Gasteiger partial charge < -0.3 is 25.0 Å². The lowest BCUT2D eigenvalue weighted by molar-refractivity contribution is -0.129. The Morgan fingerprint density at radius 2 is 2.20 bits per heavy atom. The molecule has 2 saturated heterocycles. The molecular formula is C18H25N3O4. The molecule has 0 spiro atoms. The molecule has 0 bridgehead atoms. The van der Waals surface area contributed by atoms with E-state index in [9.17, 15) is 9.59 Å². The predicted molar refractivity (Wildman–Crippen MR) is 92.3 cm³/mol. The van der Waals surface area contributed by atoms with Crippen LogP contribution in [-0.2, 0) is 14.3 Å². The van der Waals surface area contributed by atoms with Crippen molar-refractivity contribution in [1.29, 1.82) is 0 Å². The molecular weight excluding hydrogens is 322 g/mol.